The average Bonchev–Trinajstić information content (AvgIpc) is 3.19. The molecule has 1 atom stereocenters. The number of ether oxygens (including phenoxy) is 1. The summed E-state index contributed by atoms with van der Waals surface area (Å²) in [5.74, 6) is 1.02. The van der Waals surface area contributed by atoms with Crippen LogP contribution in [-0.4, -0.2) is 41.3 Å². The number of hydrogen-bond acceptors (Lipinski definition) is 5. The van der Waals surface area contributed by atoms with Crippen LogP contribution in [-0.2, 0) is 0 Å². The Morgan fingerprint density at radius 2 is 1.93 bits per heavy atom. The predicted molar refractivity (Wildman–Crippen MR) is 100 cm³/mol. The summed E-state index contributed by atoms with van der Waals surface area (Å²) < 4.78 is 37.7. The fourth-order valence-corrected chi connectivity index (χ4v) is 3.46. The molecule has 0 N–H and O–H groups in total. The van der Waals surface area contributed by atoms with Gasteiger partial charge in [-0.05, 0) is 43.7 Å². The van der Waals surface area contributed by atoms with E-state index in [0.717, 1.165) is 32.5 Å². The number of benzene rings is 2. The maximum atomic E-state index is 13.4. The molecular formula is C21H21F2N3O2. The third-order valence-electron chi connectivity index (χ3n) is 4.85. The van der Waals surface area contributed by atoms with Crippen molar-refractivity contribution in [3.8, 4) is 17.1 Å². The first kappa shape index (κ1) is 18.6. The smallest absolute Gasteiger partial charge is 0.231 e. The second-order valence-corrected chi connectivity index (χ2v) is 6.91. The Morgan fingerprint density at radius 3 is 2.75 bits per heavy atom. The molecule has 0 amide bonds. The molecule has 4 rings (SSSR count). The normalized spacial score (nSPS) is 17.6. The van der Waals surface area contributed by atoms with E-state index in [1.54, 1.807) is 24.3 Å². The van der Waals surface area contributed by atoms with E-state index in [9.17, 15) is 8.78 Å². The van der Waals surface area contributed by atoms with Crippen LogP contribution < -0.4 is 4.74 Å². The van der Waals surface area contributed by atoms with E-state index in [1.807, 2.05) is 0 Å². The maximum absolute atomic E-state index is 13.4. The summed E-state index contributed by atoms with van der Waals surface area (Å²) in [6.07, 6.45) is 1.98. The van der Waals surface area contributed by atoms with Crippen LogP contribution in [0.3, 0.4) is 0 Å². The number of halogens is 2. The number of nitrogens with zero attached hydrogens (tertiary/aromatic N) is 3. The quantitative estimate of drug-likeness (QED) is 0.634. The molecule has 5 nitrogen and oxygen atoms in total. The minimum atomic E-state index is -0.328. The number of hydrogen-bond donors (Lipinski definition) is 0. The van der Waals surface area contributed by atoms with Gasteiger partial charge >= 0.3 is 0 Å². The van der Waals surface area contributed by atoms with Gasteiger partial charge in [-0.2, -0.15) is 4.98 Å². The topological polar surface area (TPSA) is 51.4 Å². The molecule has 1 aliphatic heterocycles. The van der Waals surface area contributed by atoms with Crippen LogP contribution in [0.15, 0.2) is 53.1 Å². The highest BCUT2D eigenvalue weighted by Crippen LogP contribution is 2.27. The number of piperidine rings is 1. The zero-order valence-corrected chi connectivity index (χ0v) is 15.4. The van der Waals surface area contributed by atoms with Gasteiger partial charge in [0, 0.05) is 24.7 Å². The minimum Gasteiger partial charge on any atom is -0.492 e. The Kier molecular flexibility index (Phi) is 5.62. The van der Waals surface area contributed by atoms with Crippen LogP contribution >= 0.6 is 0 Å². The molecule has 1 fully saturated rings. The highest BCUT2D eigenvalue weighted by Gasteiger charge is 2.26. The summed E-state index contributed by atoms with van der Waals surface area (Å²) in [6, 6.07) is 12.3. The van der Waals surface area contributed by atoms with Crippen molar-refractivity contribution in [3.05, 3.63) is 66.1 Å². The molecule has 0 bridgehead atoms. The van der Waals surface area contributed by atoms with E-state index < -0.39 is 0 Å². The summed E-state index contributed by atoms with van der Waals surface area (Å²) in [4.78, 5) is 6.75. The molecule has 2 heterocycles. The molecule has 1 unspecified atom stereocenters. The lowest BCUT2D eigenvalue weighted by molar-refractivity contribution is 0.157. The number of likely N-dealkylation sites (tertiary alicyclic amines) is 1. The molecule has 0 spiro atoms. The SMILES string of the molecule is Fc1cccc(OCCN2CCCC(c3nc(-c4cccc(F)c4)no3)C2)c1. The van der Waals surface area contributed by atoms with Crippen molar-refractivity contribution in [1.82, 2.24) is 15.0 Å². The van der Waals surface area contributed by atoms with Crippen LogP contribution in [0.2, 0.25) is 0 Å². The predicted octanol–water partition coefficient (Wildman–Crippen LogP) is 4.27. The lowest BCUT2D eigenvalue weighted by Crippen LogP contribution is -2.37. The summed E-state index contributed by atoms with van der Waals surface area (Å²) in [6.45, 7) is 2.97. The summed E-state index contributed by atoms with van der Waals surface area (Å²) in [5, 5.41) is 4.01. The van der Waals surface area contributed by atoms with Gasteiger partial charge in [-0.1, -0.05) is 23.4 Å². The van der Waals surface area contributed by atoms with Gasteiger partial charge in [0.1, 0.15) is 24.0 Å². The second-order valence-electron chi connectivity index (χ2n) is 6.91. The first-order valence-corrected chi connectivity index (χ1v) is 9.37. The van der Waals surface area contributed by atoms with Crippen LogP contribution in [0.25, 0.3) is 11.4 Å². The zero-order valence-electron chi connectivity index (χ0n) is 15.4. The van der Waals surface area contributed by atoms with E-state index in [1.165, 1.54) is 24.3 Å². The van der Waals surface area contributed by atoms with Crippen LogP contribution in [0.4, 0.5) is 8.78 Å². The van der Waals surface area contributed by atoms with Gasteiger partial charge in [0.2, 0.25) is 11.7 Å². The molecule has 1 aliphatic rings. The zero-order chi connectivity index (χ0) is 19.3. The molecule has 1 aromatic heterocycles. The largest absolute Gasteiger partial charge is 0.492 e. The molecule has 0 saturated carbocycles. The monoisotopic (exact) mass is 385 g/mol. The molecule has 1 saturated heterocycles. The Bertz CT molecular complexity index is 931. The number of rotatable bonds is 6. The Labute approximate surface area is 161 Å². The molecule has 0 radical (unpaired) electrons. The van der Waals surface area contributed by atoms with Gasteiger partial charge < -0.3 is 9.26 Å². The van der Waals surface area contributed by atoms with Gasteiger partial charge in [-0.15, -0.1) is 0 Å². The highest BCUT2D eigenvalue weighted by atomic mass is 19.1. The lowest BCUT2D eigenvalue weighted by Gasteiger charge is -2.30. The second kappa shape index (κ2) is 8.48. The van der Waals surface area contributed by atoms with Crippen molar-refractivity contribution in [2.75, 3.05) is 26.2 Å². The average molecular weight is 385 g/mol. The Morgan fingerprint density at radius 1 is 1.11 bits per heavy atom. The van der Waals surface area contributed by atoms with E-state index in [0.29, 0.717) is 29.6 Å². The molecule has 7 heteroatoms. The van der Waals surface area contributed by atoms with Crippen LogP contribution in [0.5, 0.6) is 5.75 Å². The van der Waals surface area contributed by atoms with Gasteiger partial charge in [0.05, 0.1) is 5.92 Å². The first-order valence-electron chi connectivity index (χ1n) is 9.37. The molecule has 0 aliphatic carbocycles. The van der Waals surface area contributed by atoms with Crippen molar-refractivity contribution in [1.29, 1.82) is 0 Å². The fraction of sp³-hybridized carbons (Fsp3) is 0.333. The van der Waals surface area contributed by atoms with Crippen molar-refractivity contribution >= 4 is 0 Å². The first-order chi connectivity index (χ1) is 13.7. The van der Waals surface area contributed by atoms with Crippen LogP contribution in [0.1, 0.15) is 24.7 Å². The van der Waals surface area contributed by atoms with Gasteiger partial charge in [0.15, 0.2) is 0 Å². The molecule has 28 heavy (non-hydrogen) atoms. The third-order valence-corrected chi connectivity index (χ3v) is 4.85. The fourth-order valence-electron chi connectivity index (χ4n) is 3.46. The molecule has 146 valence electrons. The minimum absolute atomic E-state index is 0.137. The van der Waals surface area contributed by atoms with E-state index in [2.05, 4.69) is 15.0 Å². The lowest BCUT2D eigenvalue weighted by atomic mass is 9.98. The standard InChI is InChI=1S/C21H21F2N3O2/c22-17-6-1-4-15(12-17)20-24-21(28-25-20)16-5-3-9-26(14-16)10-11-27-19-8-2-7-18(23)13-19/h1-2,4,6-8,12-13,16H,3,5,9-11,14H2. The van der Waals surface area contributed by atoms with Gasteiger partial charge in [0.25, 0.3) is 0 Å². The van der Waals surface area contributed by atoms with Crippen LogP contribution in [0, 0.1) is 11.6 Å². The van der Waals surface area contributed by atoms with Gasteiger partial charge in [-0.3, -0.25) is 4.90 Å². The summed E-state index contributed by atoms with van der Waals surface area (Å²) in [5.41, 5.74) is 0.603. The molecule has 2 aromatic carbocycles. The third kappa shape index (κ3) is 4.54. The Balaban J connectivity index is 1.34. The summed E-state index contributed by atoms with van der Waals surface area (Å²) in [7, 11) is 0. The molecule has 3 aromatic rings. The highest BCUT2D eigenvalue weighted by molar-refractivity contribution is 5.53. The molecular weight excluding hydrogens is 364 g/mol. The van der Waals surface area contributed by atoms with E-state index >= 15 is 0 Å². The van der Waals surface area contributed by atoms with Gasteiger partial charge in [-0.25, -0.2) is 8.78 Å². The summed E-state index contributed by atoms with van der Waals surface area (Å²) >= 11 is 0. The van der Waals surface area contributed by atoms with Crippen molar-refractivity contribution < 1.29 is 18.0 Å². The Hall–Kier alpha value is -2.80. The maximum Gasteiger partial charge on any atom is 0.231 e. The van der Waals surface area contributed by atoms with Crippen molar-refractivity contribution in [2.24, 2.45) is 0 Å². The number of aromatic nitrogens is 2. The van der Waals surface area contributed by atoms with Crippen molar-refractivity contribution in [2.45, 2.75) is 18.8 Å². The van der Waals surface area contributed by atoms with E-state index in [-0.39, 0.29) is 17.6 Å². The van der Waals surface area contributed by atoms with Crippen molar-refractivity contribution in [3.63, 3.8) is 0 Å². The van der Waals surface area contributed by atoms with E-state index in [4.69, 9.17) is 9.26 Å².